The molecule has 0 amide bonds. The van der Waals surface area contributed by atoms with E-state index < -0.39 is 23.3 Å². The number of piperidine rings is 1. The van der Waals surface area contributed by atoms with E-state index in [9.17, 15) is 13.9 Å². The molecule has 2 N–H and O–H groups in total. The van der Waals surface area contributed by atoms with Gasteiger partial charge in [0.05, 0.1) is 6.54 Å². The van der Waals surface area contributed by atoms with Crippen molar-refractivity contribution in [1.29, 1.82) is 0 Å². The van der Waals surface area contributed by atoms with Crippen LogP contribution >= 0.6 is 0 Å². The van der Waals surface area contributed by atoms with E-state index >= 15 is 0 Å². The zero-order valence-corrected chi connectivity index (χ0v) is 18.2. The Labute approximate surface area is 186 Å². The molecule has 1 fully saturated rings. The lowest BCUT2D eigenvalue weighted by Crippen LogP contribution is -2.55. The highest BCUT2D eigenvalue weighted by molar-refractivity contribution is 5.39. The molecule has 0 bridgehead atoms. The van der Waals surface area contributed by atoms with Crippen LogP contribution in [0.2, 0.25) is 0 Å². The number of benzene rings is 1. The van der Waals surface area contributed by atoms with Gasteiger partial charge in [0.1, 0.15) is 35.7 Å². The molecular formula is C23H28F2N6O. The maximum Gasteiger partial charge on any atom is 0.137 e. The predicted molar refractivity (Wildman–Crippen MR) is 117 cm³/mol. The molecule has 1 aromatic carbocycles. The molecule has 2 aromatic heterocycles. The van der Waals surface area contributed by atoms with E-state index in [1.807, 2.05) is 26.1 Å². The number of aromatic nitrogens is 4. The molecule has 1 aliphatic rings. The van der Waals surface area contributed by atoms with Crippen molar-refractivity contribution in [3.05, 3.63) is 71.9 Å². The molecule has 0 spiro atoms. The lowest BCUT2D eigenvalue weighted by molar-refractivity contribution is -0.0242. The van der Waals surface area contributed by atoms with Gasteiger partial charge in [0.15, 0.2) is 0 Å². The van der Waals surface area contributed by atoms with Gasteiger partial charge in [0.2, 0.25) is 0 Å². The van der Waals surface area contributed by atoms with Crippen LogP contribution in [0, 0.1) is 18.6 Å². The van der Waals surface area contributed by atoms with Crippen molar-refractivity contribution in [1.82, 2.24) is 25.1 Å². The highest BCUT2D eigenvalue weighted by atomic mass is 19.1. The summed E-state index contributed by atoms with van der Waals surface area (Å²) in [5, 5.41) is 19.2. The summed E-state index contributed by atoms with van der Waals surface area (Å²) in [5.41, 5.74) is -0.504. The second-order valence-electron chi connectivity index (χ2n) is 8.48. The van der Waals surface area contributed by atoms with E-state index in [-0.39, 0.29) is 18.2 Å². The van der Waals surface area contributed by atoms with Crippen molar-refractivity contribution in [3.8, 4) is 0 Å². The number of pyridine rings is 1. The largest absolute Gasteiger partial charge is 0.381 e. The quantitative estimate of drug-likeness (QED) is 0.586. The van der Waals surface area contributed by atoms with Crippen LogP contribution in [0.25, 0.3) is 0 Å². The molecule has 170 valence electrons. The van der Waals surface area contributed by atoms with Gasteiger partial charge in [-0.1, -0.05) is 12.1 Å². The smallest absolute Gasteiger partial charge is 0.137 e. The molecular weight excluding hydrogens is 414 g/mol. The van der Waals surface area contributed by atoms with Crippen LogP contribution in [-0.4, -0.2) is 50.0 Å². The average molecular weight is 443 g/mol. The van der Waals surface area contributed by atoms with Crippen LogP contribution in [0.1, 0.15) is 30.9 Å². The first-order valence-corrected chi connectivity index (χ1v) is 10.8. The molecule has 2 atom stereocenters. The Hall–Kier alpha value is -2.91. The summed E-state index contributed by atoms with van der Waals surface area (Å²) in [4.78, 5) is 10.7. The molecule has 7 nitrogen and oxygen atoms in total. The van der Waals surface area contributed by atoms with E-state index in [4.69, 9.17) is 0 Å². The fourth-order valence-electron chi connectivity index (χ4n) is 4.27. The molecule has 0 saturated carbocycles. The first kappa shape index (κ1) is 22.3. The maximum absolute atomic E-state index is 14.7. The van der Waals surface area contributed by atoms with Crippen molar-refractivity contribution < 1.29 is 13.9 Å². The zero-order valence-electron chi connectivity index (χ0n) is 18.2. The molecule has 0 aliphatic carbocycles. The van der Waals surface area contributed by atoms with Crippen molar-refractivity contribution >= 4 is 5.82 Å². The van der Waals surface area contributed by atoms with Crippen LogP contribution in [0.5, 0.6) is 0 Å². The third-order valence-electron chi connectivity index (χ3n) is 6.18. The van der Waals surface area contributed by atoms with E-state index in [0.717, 1.165) is 49.4 Å². The van der Waals surface area contributed by atoms with Gasteiger partial charge in [-0.25, -0.2) is 23.4 Å². The zero-order chi connectivity index (χ0) is 22.7. The van der Waals surface area contributed by atoms with E-state index in [1.54, 1.807) is 0 Å². The van der Waals surface area contributed by atoms with Gasteiger partial charge in [-0.2, -0.15) is 5.10 Å². The summed E-state index contributed by atoms with van der Waals surface area (Å²) in [6.07, 6.45) is 6.39. The van der Waals surface area contributed by atoms with Gasteiger partial charge in [0, 0.05) is 43.0 Å². The summed E-state index contributed by atoms with van der Waals surface area (Å²) in [5.74, 6) is -0.522. The van der Waals surface area contributed by atoms with Crippen molar-refractivity contribution in [2.75, 3.05) is 18.0 Å². The predicted octanol–water partition coefficient (Wildman–Crippen LogP) is 2.79. The lowest BCUT2D eigenvalue weighted by atomic mass is 9.85. The molecule has 3 heterocycles. The summed E-state index contributed by atoms with van der Waals surface area (Å²) >= 11 is 0. The minimum Gasteiger partial charge on any atom is -0.381 e. The Balaban J connectivity index is 1.48. The van der Waals surface area contributed by atoms with E-state index in [2.05, 4.69) is 31.3 Å². The Morgan fingerprint density at radius 3 is 2.62 bits per heavy atom. The Kier molecular flexibility index (Phi) is 6.48. The first-order chi connectivity index (χ1) is 15.3. The Bertz CT molecular complexity index is 1020. The van der Waals surface area contributed by atoms with Crippen molar-refractivity contribution in [3.63, 3.8) is 0 Å². The molecule has 1 aliphatic heterocycles. The van der Waals surface area contributed by atoms with Crippen LogP contribution in [-0.2, 0) is 12.1 Å². The normalized spacial score (nSPS) is 17.8. The van der Waals surface area contributed by atoms with Gasteiger partial charge in [-0.3, -0.25) is 0 Å². The number of aliphatic hydroxyl groups is 1. The molecule has 0 unspecified atom stereocenters. The van der Waals surface area contributed by atoms with Crippen LogP contribution in [0.4, 0.5) is 14.6 Å². The third kappa shape index (κ3) is 4.78. The monoisotopic (exact) mass is 442 g/mol. The standard InChI is InChI=1S/C23H28F2N6O/c1-16-3-6-22(27-12-16)30-9-7-19(8-10-30)29-17(2)23(32,13-31-15-26-14-28-31)20-5-4-18(24)11-21(20)25/h3-6,11-12,14-15,17,19,29,32H,7-10,13H2,1-2H3/t17-,23-/m1/s1. The van der Waals surface area contributed by atoms with E-state index in [1.165, 1.54) is 23.4 Å². The van der Waals surface area contributed by atoms with Gasteiger partial charge in [0.25, 0.3) is 0 Å². The number of hydrogen-bond donors (Lipinski definition) is 2. The first-order valence-electron chi connectivity index (χ1n) is 10.8. The third-order valence-corrected chi connectivity index (χ3v) is 6.18. The highest BCUT2D eigenvalue weighted by Crippen LogP contribution is 2.31. The molecule has 9 heteroatoms. The number of aryl methyl sites for hydroxylation is 1. The molecule has 4 rings (SSSR count). The van der Waals surface area contributed by atoms with Crippen LogP contribution < -0.4 is 10.2 Å². The van der Waals surface area contributed by atoms with Gasteiger partial charge in [-0.15, -0.1) is 0 Å². The summed E-state index contributed by atoms with van der Waals surface area (Å²) in [6, 6.07) is 6.94. The summed E-state index contributed by atoms with van der Waals surface area (Å²) in [6.45, 7) is 5.46. The van der Waals surface area contributed by atoms with Crippen LogP contribution in [0.3, 0.4) is 0 Å². The van der Waals surface area contributed by atoms with Crippen molar-refractivity contribution in [2.24, 2.45) is 0 Å². The summed E-state index contributed by atoms with van der Waals surface area (Å²) < 4.78 is 29.7. The number of rotatable bonds is 7. The molecule has 1 saturated heterocycles. The highest BCUT2D eigenvalue weighted by Gasteiger charge is 2.40. The average Bonchev–Trinajstić information content (AvgIpc) is 3.27. The number of hydrogen-bond acceptors (Lipinski definition) is 6. The number of halogens is 2. The number of nitrogens with one attached hydrogen (secondary N) is 1. The lowest BCUT2D eigenvalue weighted by Gasteiger charge is -2.40. The molecule has 32 heavy (non-hydrogen) atoms. The van der Waals surface area contributed by atoms with Crippen molar-refractivity contribution in [2.45, 2.75) is 50.9 Å². The second-order valence-corrected chi connectivity index (χ2v) is 8.48. The minimum atomic E-state index is -1.65. The second kappa shape index (κ2) is 9.30. The number of nitrogens with zero attached hydrogens (tertiary/aromatic N) is 5. The molecule has 0 radical (unpaired) electrons. The SMILES string of the molecule is Cc1ccc(N2CCC(N[C@H](C)[C@](O)(Cn3cncn3)c3ccc(F)cc3F)CC2)nc1. The minimum absolute atomic E-state index is 0.0180. The van der Waals surface area contributed by atoms with E-state index in [0.29, 0.717) is 0 Å². The molecule has 3 aromatic rings. The van der Waals surface area contributed by atoms with Gasteiger partial charge < -0.3 is 15.3 Å². The topological polar surface area (TPSA) is 79.1 Å². The fourth-order valence-corrected chi connectivity index (χ4v) is 4.27. The Morgan fingerprint density at radius 1 is 1.22 bits per heavy atom. The van der Waals surface area contributed by atoms with Gasteiger partial charge in [-0.05, 0) is 44.4 Å². The van der Waals surface area contributed by atoms with Gasteiger partial charge >= 0.3 is 0 Å². The number of anilines is 1. The fraction of sp³-hybridized carbons (Fsp3) is 0.435. The van der Waals surface area contributed by atoms with Crippen LogP contribution in [0.15, 0.2) is 49.2 Å². The Morgan fingerprint density at radius 2 is 2.00 bits per heavy atom. The maximum atomic E-state index is 14.7. The summed E-state index contributed by atoms with van der Waals surface area (Å²) in [7, 11) is 0.